The number of hydrogen-bond donors (Lipinski definition) is 2. The number of nitriles is 2. The highest BCUT2D eigenvalue weighted by Gasteiger charge is 2.16. The minimum Gasteiger partial charge on any atom is -0.393 e. The van der Waals surface area contributed by atoms with E-state index >= 15 is 0 Å². The molecular formula is C18H16N8. The van der Waals surface area contributed by atoms with E-state index in [9.17, 15) is 0 Å². The average molecular weight is 344 g/mol. The molecule has 0 bridgehead atoms. The van der Waals surface area contributed by atoms with Crippen LogP contribution in [0.15, 0.2) is 36.7 Å². The number of fused-ring (bicyclic) bond motifs is 1. The van der Waals surface area contributed by atoms with E-state index in [4.69, 9.17) is 16.3 Å². The zero-order chi connectivity index (χ0) is 18.5. The van der Waals surface area contributed by atoms with Gasteiger partial charge in [-0.05, 0) is 19.1 Å². The van der Waals surface area contributed by atoms with Crippen LogP contribution in [0, 0.1) is 29.6 Å². The number of rotatable bonds is 5. The van der Waals surface area contributed by atoms with Crippen molar-refractivity contribution in [1.29, 1.82) is 10.5 Å². The molecule has 0 spiro atoms. The second kappa shape index (κ2) is 7.32. The van der Waals surface area contributed by atoms with Crippen LogP contribution in [0.3, 0.4) is 0 Å². The zero-order valence-corrected chi connectivity index (χ0v) is 14.1. The molecule has 2 aromatic heterocycles. The number of anilines is 4. The Balaban J connectivity index is 2.02. The number of nitrogens with two attached hydrogens (primary N) is 1. The lowest BCUT2D eigenvalue weighted by Crippen LogP contribution is -2.26. The predicted octanol–water partition coefficient (Wildman–Crippen LogP) is 2.51. The van der Waals surface area contributed by atoms with Crippen molar-refractivity contribution >= 4 is 33.9 Å². The van der Waals surface area contributed by atoms with Crippen LogP contribution in [-0.4, -0.2) is 28.0 Å². The molecule has 0 saturated heterocycles. The van der Waals surface area contributed by atoms with Crippen LogP contribution in [0.2, 0.25) is 0 Å². The third kappa shape index (κ3) is 3.30. The van der Waals surface area contributed by atoms with Crippen LogP contribution >= 0.6 is 0 Å². The van der Waals surface area contributed by atoms with Crippen molar-refractivity contribution in [2.45, 2.75) is 6.92 Å². The van der Waals surface area contributed by atoms with Crippen LogP contribution in [0.25, 0.3) is 10.9 Å². The number of nitrogen functional groups attached to an aromatic ring is 1. The summed E-state index contributed by atoms with van der Waals surface area (Å²) in [6, 6.07) is 13.7. The fourth-order valence-electron chi connectivity index (χ4n) is 2.59. The highest BCUT2D eigenvalue weighted by atomic mass is 15.2. The lowest BCUT2D eigenvalue weighted by molar-refractivity contribution is 0.930. The maximum Gasteiger partial charge on any atom is 0.159 e. The van der Waals surface area contributed by atoms with Crippen molar-refractivity contribution in [3.8, 4) is 12.1 Å². The van der Waals surface area contributed by atoms with Crippen molar-refractivity contribution in [3.05, 3.63) is 42.4 Å². The fourth-order valence-corrected chi connectivity index (χ4v) is 2.59. The van der Waals surface area contributed by atoms with Crippen LogP contribution in [-0.2, 0) is 0 Å². The molecule has 26 heavy (non-hydrogen) atoms. The molecule has 8 nitrogen and oxygen atoms in total. The molecule has 0 saturated carbocycles. The summed E-state index contributed by atoms with van der Waals surface area (Å²) in [6.45, 7) is 1.93. The molecular weight excluding hydrogens is 328 g/mol. The van der Waals surface area contributed by atoms with Crippen molar-refractivity contribution in [2.24, 2.45) is 0 Å². The van der Waals surface area contributed by atoms with Gasteiger partial charge in [-0.25, -0.2) is 9.97 Å². The van der Waals surface area contributed by atoms with Crippen molar-refractivity contribution in [2.75, 3.05) is 29.0 Å². The normalized spacial score (nSPS) is 10.1. The topological polar surface area (TPSA) is 128 Å². The number of nitrogens with zero attached hydrogens (tertiary/aromatic N) is 6. The summed E-state index contributed by atoms with van der Waals surface area (Å²) in [5, 5.41) is 22.1. The summed E-state index contributed by atoms with van der Waals surface area (Å²) in [4.78, 5) is 14.4. The monoisotopic (exact) mass is 344 g/mol. The van der Waals surface area contributed by atoms with E-state index in [0.717, 1.165) is 22.3 Å². The smallest absolute Gasteiger partial charge is 0.159 e. The molecule has 0 atom stereocenters. The molecule has 2 heterocycles. The molecule has 0 unspecified atom stereocenters. The van der Waals surface area contributed by atoms with Crippen LogP contribution in [0.4, 0.5) is 23.0 Å². The third-order valence-electron chi connectivity index (χ3n) is 3.80. The first-order chi connectivity index (χ1) is 12.6. The van der Waals surface area contributed by atoms with Gasteiger partial charge in [-0.1, -0.05) is 18.2 Å². The van der Waals surface area contributed by atoms with E-state index in [1.54, 1.807) is 0 Å². The molecule has 3 N–H and O–H groups in total. The Bertz CT molecular complexity index is 1020. The molecule has 0 aliphatic rings. The maximum absolute atomic E-state index is 8.96. The standard InChI is InChI=1S/C18H16N8/c1-12-5-6-13-3-2-4-14(16(13)24-12)25-17-15(21)18(23-11-22-17)26(9-7-19)10-8-20/h2-6,11H,9-10,21H2,1H3,(H,22,23,25). The molecule has 3 aromatic rings. The molecule has 3 rings (SSSR count). The summed E-state index contributed by atoms with van der Waals surface area (Å²) in [5.41, 5.74) is 8.93. The molecule has 0 fully saturated rings. The highest BCUT2D eigenvalue weighted by molar-refractivity contribution is 5.93. The van der Waals surface area contributed by atoms with Crippen LogP contribution < -0.4 is 16.0 Å². The second-order valence-corrected chi connectivity index (χ2v) is 5.59. The number of hydrogen-bond acceptors (Lipinski definition) is 8. The first-order valence-electron chi connectivity index (χ1n) is 7.86. The Morgan fingerprint density at radius 3 is 2.62 bits per heavy atom. The van der Waals surface area contributed by atoms with Gasteiger partial charge in [0, 0.05) is 11.1 Å². The van der Waals surface area contributed by atoms with Crippen molar-refractivity contribution in [3.63, 3.8) is 0 Å². The van der Waals surface area contributed by atoms with Crippen molar-refractivity contribution in [1.82, 2.24) is 15.0 Å². The molecule has 1 aromatic carbocycles. The molecule has 0 amide bonds. The summed E-state index contributed by atoms with van der Waals surface area (Å²) >= 11 is 0. The molecule has 128 valence electrons. The van der Waals surface area contributed by atoms with Crippen LogP contribution in [0.1, 0.15) is 5.69 Å². The predicted molar refractivity (Wildman–Crippen MR) is 99.6 cm³/mol. The van der Waals surface area contributed by atoms with Crippen LogP contribution in [0.5, 0.6) is 0 Å². The van der Waals surface area contributed by atoms with Gasteiger partial charge in [0.05, 0.1) is 23.3 Å². The van der Waals surface area contributed by atoms with Gasteiger partial charge in [0.15, 0.2) is 11.6 Å². The summed E-state index contributed by atoms with van der Waals surface area (Å²) < 4.78 is 0. The first kappa shape index (κ1) is 16.9. The van der Waals surface area contributed by atoms with E-state index < -0.39 is 0 Å². The maximum atomic E-state index is 8.96. The number of pyridine rings is 1. The number of para-hydroxylation sites is 1. The lowest BCUT2D eigenvalue weighted by atomic mass is 10.1. The minimum atomic E-state index is 0.00321. The number of aromatic nitrogens is 3. The Kier molecular flexibility index (Phi) is 4.77. The van der Waals surface area contributed by atoms with Crippen molar-refractivity contribution < 1.29 is 0 Å². The minimum absolute atomic E-state index is 0.00321. The SMILES string of the molecule is Cc1ccc2cccc(Nc3ncnc(N(CC#N)CC#N)c3N)c2n1. The highest BCUT2D eigenvalue weighted by Crippen LogP contribution is 2.30. The van der Waals surface area contributed by atoms with Gasteiger partial charge in [-0.2, -0.15) is 10.5 Å². The summed E-state index contributed by atoms with van der Waals surface area (Å²) in [6.07, 6.45) is 1.35. The quantitative estimate of drug-likeness (QED) is 0.676. The number of aryl methyl sites for hydroxylation is 1. The Morgan fingerprint density at radius 2 is 1.88 bits per heavy atom. The zero-order valence-electron chi connectivity index (χ0n) is 14.1. The lowest BCUT2D eigenvalue weighted by Gasteiger charge is -2.20. The van der Waals surface area contributed by atoms with E-state index in [0.29, 0.717) is 11.6 Å². The van der Waals surface area contributed by atoms with Gasteiger partial charge in [0.1, 0.15) is 25.1 Å². The largest absolute Gasteiger partial charge is 0.393 e. The van der Waals surface area contributed by atoms with E-state index in [1.807, 2.05) is 49.4 Å². The fraction of sp³-hybridized carbons (Fsp3) is 0.167. The molecule has 0 radical (unpaired) electrons. The Hall–Kier alpha value is -3.91. The molecule has 0 aliphatic carbocycles. The Morgan fingerprint density at radius 1 is 1.12 bits per heavy atom. The van der Waals surface area contributed by atoms with Gasteiger partial charge in [-0.3, -0.25) is 4.98 Å². The van der Waals surface area contributed by atoms with Gasteiger partial charge in [0.2, 0.25) is 0 Å². The second-order valence-electron chi connectivity index (χ2n) is 5.59. The van der Waals surface area contributed by atoms with E-state index in [2.05, 4.69) is 20.3 Å². The van der Waals surface area contributed by atoms with E-state index in [-0.39, 0.29) is 18.8 Å². The summed E-state index contributed by atoms with van der Waals surface area (Å²) in [5.74, 6) is 0.738. The Labute approximate surface area is 150 Å². The summed E-state index contributed by atoms with van der Waals surface area (Å²) in [7, 11) is 0. The molecule has 8 heteroatoms. The van der Waals surface area contributed by atoms with Gasteiger partial charge < -0.3 is 16.0 Å². The van der Waals surface area contributed by atoms with E-state index in [1.165, 1.54) is 11.2 Å². The average Bonchev–Trinajstić information content (AvgIpc) is 2.64. The molecule has 0 aliphatic heterocycles. The first-order valence-corrected chi connectivity index (χ1v) is 7.86. The third-order valence-corrected chi connectivity index (χ3v) is 3.80. The van der Waals surface area contributed by atoms with Gasteiger partial charge in [0.25, 0.3) is 0 Å². The number of nitrogens with one attached hydrogen (secondary N) is 1. The number of benzene rings is 1. The van der Waals surface area contributed by atoms with Gasteiger partial charge >= 0.3 is 0 Å². The van der Waals surface area contributed by atoms with Gasteiger partial charge in [-0.15, -0.1) is 0 Å².